The van der Waals surface area contributed by atoms with Crippen molar-refractivity contribution in [1.82, 2.24) is 10.4 Å². The van der Waals surface area contributed by atoms with E-state index in [-0.39, 0.29) is 5.11 Å². The summed E-state index contributed by atoms with van der Waals surface area (Å²) in [4.78, 5) is 4.18. The van der Waals surface area contributed by atoms with E-state index in [1.54, 1.807) is 31.2 Å². The summed E-state index contributed by atoms with van der Waals surface area (Å²) in [6.45, 7) is 0. The number of thiocarbonyl (C=S) groups is 1. The molecule has 5 nitrogen and oxygen atoms in total. The summed E-state index contributed by atoms with van der Waals surface area (Å²) >= 11 is 6.26. The van der Waals surface area contributed by atoms with Gasteiger partial charge in [-0.25, -0.2) is 0 Å². The van der Waals surface area contributed by atoms with Crippen molar-refractivity contribution in [2.75, 3.05) is 5.73 Å². The number of anilines is 1. The molecule has 0 aliphatic heterocycles. The van der Waals surface area contributed by atoms with E-state index in [1.807, 2.05) is 36.4 Å². The number of pyridine rings is 1. The van der Waals surface area contributed by atoms with Gasteiger partial charge in [0.05, 0.1) is 11.9 Å². The van der Waals surface area contributed by atoms with Crippen LogP contribution in [0.4, 0.5) is 5.69 Å². The number of hydrogen-bond acceptors (Lipinski definition) is 4. The van der Waals surface area contributed by atoms with Crippen molar-refractivity contribution in [3.63, 3.8) is 0 Å². The molecule has 2 aromatic rings. The van der Waals surface area contributed by atoms with Gasteiger partial charge in [0.15, 0.2) is 5.11 Å². The number of aromatic nitrogens is 1. The predicted octanol–water partition coefficient (Wildman–Crippen LogP) is 2.18. The molecule has 2 rings (SSSR count). The number of rotatable bonds is 3. The van der Waals surface area contributed by atoms with Crippen LogP contribution in [0.1, 0.15) is 5.69 Å². The number of benzene rings is 1. The van der Waals surface area contributed by atoms with Crippen LogP contribution in [-0.2, 0) is 18.8 Å². The summed E-state index contributed by atoms with van der Waals surface area (Å²) in [5, 5.41) is 3.98. The molecule has 1 aromatic heterocycles. The molecule has 1 aromatic carbocycles. The van der Waals surface area contributed by atoms with Crippen LogP contribution in [0.5, 0.6) is 0 Å². The zero-order chi connectivity index (χ0) is 15.7. The number of nitrogens with zero attached hydrogens (tertiary/aromatic N) is 2. The van der Waals surface area contributed by atoms with Gasteiger partial charge in [-0.2, -0.15) is 5.10 Å². The first kappa shape index (κ1) is 17.6. The van der Waals surface area contributed by atoms with Crippen LogP contribution >= 0.6 is 21.6 Å². The normalized spacial score (nSPS) is 9.86. The summed E-state index contributed by atoms with van der Waals surface area (Å²) in [6.07, 6.45) is 3.26. The standard InChI is InChI=1S/C13H13N5S.ClH.Pt/c14-11-3-1-2-9(6-11)10-4-5-16-12(7-10)8-17-18-13(15)19;;/h1-8H,14H2,(H3,15,18,19);1H;/q;;+1/p-1. The zero-order valence-corrected chi connectivity index (χ0v) is 14.6. The van der Waals surface area contributed by atoms with Crippen LogP contribution in [0.25, 0.3) is 11.1 Å². The van der Waals surface area contributed by atoms with Gasteiger partial charge in [-0.3, -0.25) is 10.4 Å². The average Bonchev–Trinajstić information content (AvgIpc) is 2.49. The van der Waals surface area contributed by atoms with Crippen molar-refractivity contribution in [1.29, 1.82) is 0 Å². The Balaban J connectivity index is 0.00000106. The topological polar surface area (TPSA) is 89.3 Å². The number of hydrazone groups is 1. The first-order valence-corrected chi connectivity index (χ1v) is 8.90. The van der Waals surface area contributed by atoms with Crippen LogP contribution in [0, 0.1) is 0 Å². The van der Waals surface area contributed by atoms with E-state index in [9.17, 15) is 0 Å². The van der Waals surface area contributed by atoms with Gasteiger partial charge in [0.25, 0.3) is 0 Å². The first-order valence-electron chi connectivity index (χ1n) is 5.67. The Morgan fingerprint density at radius 3 is 2.67 bits per heavy atom. The van der Waals surface area contributed by atoms with Gasteiger partial charge in [-0.1, -0.05) is 12.1 Å². The SMILES string of the molecule is NC(=S)NN=Cc1cc(-c2cccc(N)c2)ccn1.[Cl][Pt]. The summed E-state index contributed by atoms with van der Waals surface area (Å²) in [6, 6.07) is 11.5. The van der Waals surface area contributed by atoms with E-state index in [0.29, 0.717) is 5.69 Å². The van der Waals surface area contributed by atoms with Crippen LogP contribution in [0.3, 0.4) is 0 Å². The van der Waals surface area contributed by atoms with E-state index in [2.05, 4.69) is 37.1 Å². The molecule has 0 radical (unpaired) electrons. The van der Waals surface area contributed by atoms with Gasteiger partial charge >= 0.3 is 28.2 Å². The van der Waals surface area contributed by atoms with Crippen molar-refractivity contribution in [3.8, 4) is 11.1 Å². The average molecular weight is 502 g/mol. The fraction of sp³-hybridized carbons (Fsp3) is 0. The van der Waals surface area contributed by atoms with E-state index >= 15 is 0 Å². The Morgan fingerprint density at radius 1 is 1.29 bits per heavy atom. The molecule has 0 amide bonds. The third-order valence-electron chi connectivity index (χ3n) is 2.37. The van der Waals surface area contributed by atoms with Crippen molar-refractivity contribution in [2.24, 2.45) is 10.8 Å². The number of nitrogen functional groups attached to an aromatic ring is 1. The Labute approximate surface area is 143 Å². The molecular weight excluding hydrogens is 489 g/mol. The third kappa shape index (κ3) is 6.21. The van der Waals surface area contributed by atoms with Crippen molar-refractivity contribution in [2.45, 2.75) is 0 Å². The molecule has 0 aliphatic rings. The van der Waals surface area contributed by atoms with Gasteiger partial charge in [-0.05, 0) is 47.6 Å². The van der Waals surface area contributed by atoms with E-state index in [4.69, 9.17) is 11.5 Å². The summed E-state index contributed by atoms with van der Waals surface area (Å²) < 4.78 is 0. The summed E-state index contributed by atoms with van der Waals surface area (Å²) in [7, 11) is 4.61. The molecule has 0 unspecified atom stereocenters. The molecule has 0 bridgehead atoms. The van der Waals surface area contributed by atoms with Crippen LogP contribution in [-0.4, -0.2) is 16.3 Å². The van der Waals surface area contributed by atoms with Gasteiger partial charge in [0.2, 0.25) is 0 Å². The molecule has 8 heteroatoms. The molecule has 0 saturated carbocycles. The van der Waals surface area contributed by atoms with Gasteiger partial charge in [0, 0.05) is 11.9 Å². The molecule has 5 N–H and O–H groups in total. The molecule has 0 spiro atoms. The first-order chi connectivity index (χ1) is 10.1. The van der Waals surface area contributed by atoms with Gasteiger partial charge in [-0.15, -0.1) is 0 Å². The fourth-order valence-electron chi connectivity index (χ4n) is 1.58. The number of hydrogen-bond donors (Lipinski definition) is 3. The second-order valence-electron chi connectivity index (χ2n) is 3.83. The third-order valence-corrected chi connectivity index (χ3v) is 2.46. The number of halogens is 1. The molecule has 21 heavy (non-hydrogen) atoms. The van der Waals surface area contributed by atoms with Gasteiger partial charge < -0.3 is 11.5 Å². The number of nitrogens with two attached hydrogens (primary N) is 2. The van der Waals surface area contributed by atoms with E-state index in [1.165, 1.54) is 0 Å². The van der Waals surface area contributed by atoms with Crippen LogP contribution < -0.4 is 16.9 Å². The van der Waals surface area contributed by atoms with Crippen molar-refractivity contribution in [3.05, 3.63) is 48.3 Å². The Bertz CT molecular complexity index is 635. The van der Waals surface area contributed by atoms with Crippen LogP contribution in [0.15, 0.2) is 47.7 Å². The molecule has 0 atom stereocenters. The number of nitrogens with one attached hydrogen (secondary N) is 1. The van der Waals surface area contributed by atoms with E-state index in [0.717, 1.165) is 16.8 Å². The maximum atomic E-state index is 5.77. The minimum absolute atomic E-state index is 0.114. The van der Waals surface area contributed by atoms with Crippen LogP contribution in [0.2, 0.25) is 0 Å². The Hall–Kier alpha value is -1.49. The molecule has 0 aliphatic carbocycles. The molecule has 113 valence electrons. The molecular formula is C13H13ClN5PtS. The molecule has 0 saturated heterocycles. The van der Waals surface area contributed by atoms with Crippen molar-refractivity contribution < 1.29 is 18.8 Å². The monoisotopic (exact) mass is 501 g/mol. The Kier molecular flexibility index (Phi) is 7.90. The molecule has 0 fully saturated rings. The zero-order valence-electron chi connectivity index (χ0n) is 10.8. The molecule has 1 heterocycles. The predicted molar refractivity (Wildman–Crippen MR) is 87.5 cm³/mol. The summed E-state index contributed by atoms with van der Waals surface area (Å²) in [5.74, 6) is 0. The maximum absolute atomic E-state index is 5.77. The fourth-order valence-corrected chi connectivity index (χ4v) is 1.63. The minimum atomic E-state index is 0.114. The Morgan fingerprint density at radius 2 is 2.00 bits per heavy atom. The van der Waals surface area contributed by atoms with Gasteiger partial charge in [0.1, 0.15) is 0 Å². The van der Waals surface area contributed by atoms with Crippen molar-refractivity contribution >= 4 is 38.7 Å². The van der Waals surface area contributed by atoms with E-state index < -0.39 is 0 Å². The second-order valence-corrected chi connectivity index (χ2v) is 4.27. The second kappa shape index (κ2) is 9.45. The summed E-state index contributed by atoms with van der Waals surface area (Å²) in [5.41, 5.74) is 17.0. The quantitative estimate of drug-likeness (QED) is 0.260.